The molecule has 6 heteroatoms. The van der Waals surface area contributed by atoms with Crippen molar-refractivity contribution >= 4 is 23.2 Å². The Morgan fingerprint density at radius 1 is 1.57 bits per heavy atom. The maximum atomic E-state index is 12.4. The number of rotatable bonds is 2. The van der Waals surface area contributed by atoms with Gasteiger partial charge >= 0.3 is 0 Å². The topological polar surface area (TPSA) is 36.7 Å². The number of alkyl halides is 3. The number of nitriles is 1. The minimum Gasteiger partial charge on any atom is -0.253 e. The fourth-order valence-corrected chi connectivity index (χ4v) is 1.53. The second-order valence-electron chi connectivity index (χ2n) is 2.40. The van der Waals surface area contributed by atoms with E-state index in [-0.39, 0.29) is 22.0 Å². The molecule has 0 aliphatic heterocycles. The fraction of sp³-hybridized carbons (Fsp3) is 0.250. The molecule has 0 aliphatic carbocycles. The van der Waals surface area contributed by atoms with Crippen LogP contribution in [0.15, 0.2) is 6.20 Å². The van der Waals surface area contributed by atoms with Gasteiger partial charge in [0.2, 0.25) is 0 Å². The van der Waals surface area contributed by atoms with Gasteiger partial charge in [-0.05, 0) is 0 Å². The number of aromatic nitrogens is 1. The Bertz CT molecular complexity index is 388. The molecule has 0 bridgehead atoms. The molecule has 0 aliphatic rings. The summed E-state index contributed by atoms with van der Waals surface area (Å²) in [6.45, 7) is 0. The van der Waals surface area contributed by atoms with Crippen LogP contribution in [0.5, 0.6) is 0 Å². The van der Waals surface area contributed by atoms with Gasteiger partial charge in [0.1, 0.15) is 11.8 Å². The van der Waals surface area contributed by atoms with Crippen molar-refractivity contribution in [1.29, 1.82) is 5.26 Å². The van der Waals surface area contributed by atoms with Crippen LogP contribution < -0.4 is 0 Å². The average Bonchev–Trinajstić information content (AvgIpc) is 2.17. The molecule has 14 heavy (non-hydrogen) atoms. The summed E-state index contributed by atoms with van der Waals surface area (Å²) in [5, 5.41) is 8.51. The van der Waals surface area contributed by atoms with E-state index in [1.54, 1.807) is 6.07 Å². The maximum absolute atomic E-state index is 12.4. The third kappa shape index (κ3) is 1.94. The number of nitrogens with zero attached hydrogens (tertiary/aromatic N) is 2. The Morgan fingerprint density at radius 2 is 2.21 bits per heavy atom. The minimum atomic E-state index is -2.74. The molecule has 0 radical (unpaired) electrons. The van der Waals surface area contributed by atoms with E-state index >= 15 is 0 Å². The first kappa shape index (κ1) is 11.2. The number of pyridine rings is 1. The predicted octanol–water partition coefficient (Wildman–Crippen LogP) is 3.28. The largest absolute Gasteiger partial charge is 0.280 e. The molecule has 0 amide bonds. The number of halogens is 4. The van der Waals surface area contributed by atoms with Crippen LogP contribution in [0.25, 0.3) is 0 Å². The molecule has 0 N–H and O–H groups in total. The SMILES string of the molecule is N#Cc1cnc(C(F)F)c(CCl)c1Cl. The first-order valence-electron chi connectivity index (χ1n) is 3.53. The molecule has 1 aromatic heterocycles. The van der Waals surface area contributed by atoms with Gasteiger partial charge < -0.3 is 0 Å². The van der Waals surface area contributed by atoms with Crippen LogP contribution in [-0.2, 0) is 5.88 Å². The second-order valence-corrected chi connectivity index (χ2v) is 3.04. The highest BCUT2D eigenvalue weighted by Gasteiger charge is 2.19. The van der Waals surface area contributed by atoms with Gasteiger partial charge in [-0.1, -0.05) is 11.6 Å². The molecule has 0 spiro atoms. The van der Waals surface area contributed by atoms with Crippen LogP contribution in [0.3, 0.4) is 0 Å². The van der Waals surface area contributed by atoms with E-state index in [0.29, 0.717) is 0 Å². The molecule has 1 aromatic rings. The number of hydrogen-bond acceptors (Lipinski definition) is 2. The molecule has 0 saturated carbocycles. The van der Waals surface area contributed by atoms with Crippen molar-refractivity contribution in [2.45, 2.75) is 12.3 Å². The molecule has 0 saturated heterocycles. The minimum absolute atomic E-state index is 0.0161. The van der Waals surface area contributed by atoms with E-state index < -0.39 is 12.1 Å². The predicted molar refractivity (Wildman–Crippen MR) is 48.5 cm³/mol. The standard InChI is InChI=1S/C8H4Cl2F2N2/c9-1-5-6(10)4(2-13)3-14-7(5)8(11)12/h3,8H,1H2. The van der Waals surface area contributed by atoms with Crippen LogP contribution in [0.1, 0.15) is 23.2 Å². The maximum Gasteiger partial charge on any atom is 0.280 e. The van der Waals surface area contributed by atoms with Crippen molar-refractivity contribution in [1.82, 2.24) is 4.98 Å². The first-order chi connectivity index (χ1) is 6.61. The van der Waals surface area contributed by atoms with Gasteiger partial charge in [0.05, 0.1) is 16.5 Å². The third-order valence-corrected chi connectivity index (χ3v) is 2.30. The Labute approximate surface area is 89.1 Å². The molecular formula is C8H4Cl2F2N2. The van der Waals surface area contributed by atoms with Crippen molar-refractivity contribution in [3.05, 3.63) is 28.0 Å². The molecule has 0 aromatic carbocycles. The summed E-state index contributed by atoms with van der Waals surface area (Å²) in [5.41, 5.74) is -0.405. The monoisotopic (exact) mass is 236 g/mol. The Kier molecular flexibility index (Phi) is 3.62. The van der Waals surface area contributed by atoms with Gasteiger partial charge in [-0.15, -0.1) is 11.6 Å². The third-order valence-electron chi connectivity index (χ3n) is 1.60. The van der Waals surface area contributed by atoms with Gasteiger partial charge in [0.15, 0.2) is 0 Å². The molecule has 0 atom stereocenters. The zero-order valence-corrected chi connectivity index (χ0v) is 8.28. The molecular weight excluding hydrogens is 233 g/mol. The van der Waals surface area contributed by atoms with Crippen LogP contribution >= 0.6 is 23.2 Å². The normalized spacial score (nSPS) is 10.3. The molecule has 74 valence electrons. The van der Waals surface area contributed by atoms with Crippen molar-refractivity contribution in [3.8, 4) is 6.07 Å². The van der Waals surface area contributed by atoms with Crippen LogP contribution in [-0.4, -0.2) is 4.98 Å². The van der Waals surface area contributed by atoms with Crippen molar-refractivity contribution in [2.75, 3.05) is 0 Å². The summed E-state index contributed by atoms with van der Waals surface area (Å²) in [7, 11) is 0. The summed E-state index contributed by atoms with van der Waals surface area (Å²) < 4.78 is 24.7. The lowest BCUT2D eigenvalue weighted by molar-refractivity contribution is 0.145. The van der Waals surface area contributed by atoms with Gasteiger partial charge in [-0.3, -0.25) is 4.98 Å². The Morgan fingerprint density at radius 3 is 2.64 bits per heavy atom. The first-order valence-corrected chi connectivity index (χ1v) is 4.44. The lowest BCUT2D eigenvalue weighted by Gasteiger charge is -2.07. The van der Waals surface area contributed by atoms with Crippen LogP contribution in [0.2, 0.25) is 5.02 Å². The van der Waals surface area contributed by atoms with Crippen molar-refractivity contribution in [3.63, 3.8) is 0 Å². The van der Waals surface area contributed by atoms with Gasteiger partial charge in [0.25, 0.3) is 6.43 Å². The van der Waals surface area contributed by atoms with Gasteiger partial charge in [-0.2, -0.15) is 5.26 Å². The van der Waals surface area contributed by atoms with E-state index in [9.17, 15) is 8.78 Å². The zero-order chi connectivity index (χ0) is 10.7. The summed E-state index contributed by atoms with van der Waals surface area (Å²) >= 11 is 11.1. The van der Waals surface area contributed by atoms with Gasteiger partial charge in [0, 0.05) is 11.8 Å². The lowest BCUT2D eigenvalue weighted by atomic mass is 10.1. The van der Waals surface area contributed by atoms with E-state index in [1.807, 2.05) is 0 Å². The van der Waals surface area contributed by atoms with Crippen molar-refractivity contribution < 1.29 is 8.78 Å². The van der Waals surface area contributed by atoms with Gasteiger partial charge in [-0.25, -0.2) is 8.78 Å². The Balaban J connectivity index is 3.38. The highest BCUT2D eigenvalue weighted by molar-refractivity contribution is 6.33. The van der Waals surface area contributed by atoms with E-state index in [2.05, 4.69) is 4.98 Å². The summed E-state index contributed by atoms with van der Waals surface area (Å²) in [4.78, 5) is 3.44. The smallest absolute Gasteiger partial charge is 0.253 e. The lowest BCUT2D eigenvalue weighted by Crippen LogP contribution is -1.99. The molecule has 0 fully saturated rings. The fourth-order valence-electron chi connectivity index (χ4n) is 0.937. The summed E-state index contributed by atoms with van der Waals surface area (Å²) in [6.07, 6.45) is -1.73. The highest BCUT2D eigenvalue weighted by Crippen LogP contribution is 2.29. The van der Waals surface area contributed by atoms with Crippen LogP contribution in [0, 0.1) is 11.3 Å². The molecule has 0 unspecified atom stereocenters. The van der Waals surface area contributed by atoms with E-state index in [1.165, 1.54) is 0 Å². The highest BCUT2D eigenvalue weighted by atomic mass is 35.5. The quantitative estimate of drug-likeness (QED) is 0.740. The van der Waals surface area contributed by atoms with Crippen molar-refractivity contribution in [2.24, 2.45) is 0 Å². The molecule has 1 rings (SSSR count). The zero-order valence-electron chi connectivity index (χ0n) is 6.77. The summed E-state index contributed by atoms with van der Waals surface area (Å²) in [6, 6.07) is 1.74. The average molecular weight is 237 g/mol. The summed E-state index contributed by atoms with van der Waals surface area (Å²) in [5.74, 6) is -0.193. The molecule has 2 nitrogen and oxygen atoms in total. The second kappa shape index (κ2) is 4.54. The van der Waals surface area contributed by atoms with Crippen LogP contribution in [0.4, 0.5) is 8.78 Å². The van der Waals surface area contributed by atoms with E-state index in [4.69, 9.17) is 28.5 Å². The number of hydrogen-bond donors (Lipinski definition) is 0. The molecule has 1 heterocycles. The van der Waals surface area contributed by atoms with E-state index in [0.717, 1.165) is 6.20 Å². The Hall–Kier alpha value is -0.920.